The summed E-state index contributed by atoms with van der Waals surface area (Å²) in [4.78, 5) is 3.11. The summed E-state index contributed by atoms with van der Waals surface area (Å²) >= 11 is 11.3. The first-order chi connectivity index (χ1) is 9.06. The summed E-state index contributed by atoms with van der Waals surface area (Å²) in [5, 5.41) is 0.633. The van der Waals surface area contributed by atoms with E-state index in [4.69, 9.17) is 23.8 Å². The quantitative estimate of drug-likeness (QED) is 0.640. The molecule has 0 radical (unpaired) electrons. The molecule has 0 amide bonds. The van der Waals surface area contributed by atoms with Crippen molar-refractivity contribution in [3.8, 4) is 5.69 Å². The fourth-order valence-electron chi connectivity index (χ4n) is 2.10. The third kappa shape index (κ3) is 2.07. The lowest BCUT2D eigenvalue weighted by atomic mass is 10.2. The van der Waals surface area contributed by atoms with Crippen LogP contribution < -0.4 is 0 Å². The lowest BCUT2D eigenvalue weighted by Crippen LogP contribution is -1.95. The number of nitrogens with zero attached hydrogens (tertiary/aromatic N) is 1. The van der Waals surface area contributed by atoms with Gasteiger partial charge >= 0.3 is 0 Å². The standard InChI is InChI=1S/C14H10ClFN2S/c1-8-6-10(3-4-11(8)16)18-13-7-9(15)2-5-12(13)17-14(18)19/h2-7H,1H3,(H,17,19). The summed E-state index contributed by atoms with van der Waals surface area (Å²) < 4.78 is 15.8. The highest BCUT2D eigenvalue weighted by atomic mass is 35.5. The summed E-state index contributed by atoms with van der Waals surface area (Å²) in [5.74, 6) is -0.229. The molecule has 0 aliphatic heterocycles. The second-order valence-corrected chi connectivity index (χ2v) is 5.18. The highest BCUT2D eigenvalue weighted by molar-refractivity contribution is 7.71. The van der Waals surface area contributed by atoms with E-state index in [0.717, 1.165) is 16.7 Å². The highest BCUT2D eigenvalue weighted by Crippen LogP contribution is 2.23. The Balaban J connectivity index is 2.35. The Morgan fingerprint density at radius 1 is 1.21 bits per heavy atom. The molecule has 3 aromatic rings. The zero-order valence-corrected chi connectivity index (χ0v) is 11.6. The van der Waals surface area contributed by atoms with Crippen LogP contribution in [-0.4, -0.2) is 9.55 Å². The molecule has 0 unspecified atom stereocenters. The van der Waals surface area contributed by atoms with Crippen LogP contribution in [-0.2, 0) is 0 Å². The summed E-state index contributed by atoms with van der Waals surface area (Å²) in [7, 11) is 0. The molecule has 0 aliphatic rings. The predicted octanol–water partition coefficient (Wildman–Crippen LogP) is 4.79. The van der Waals surface area contributed by atoms with Crippen LogP contribution in [0.2, 0.25) is 5.02 Å². The molecule has 0 bridgehead atoms. The molecule has 1 heterocycles. The number of H-pyrrole nitrogens is 1. The first-order valence-electron chi connectivity index (χ1n) is 5.73. The van der Waals surface area contributed by atoms with E-state index < -0.39 is 0 Å². The molecule has 0 saturated heterocycles. The van der Waals surface area contributed by atoms with Crippen LogP contribution in [0.15, 0.2) is 36.4 Å². The van der Waals surface area contributed by atoms with E-state index in [1.807, 2.05) is 16.7 Å². The third-order valence-electron chi connectivity index (χ3n) is 3.05. The Bertz CT molecular complexity index is 835. The van der Waals surface area contributed by atoms with Crippen molar-refractivity contribution in [3.05, 3.63) is 57.6 Å². The van der Waals surface area contributed by atoms with E-state index in [-0.39, 0.29) is 5.82 Å². The monoisotopic (exact) mass is 292 g/mol. The first-order valence-corrected chi connectivity index (χ1v) is 6.52. The Kier molecular flexibility index (Phi) is 2.92. The van der Waals surface area contributed by atoms with E-state index in [2.05, 4.69) is 4.98 Å². The number of hydrogen-bond acceptors (Lipinski definition) is 1. The van der Waals surface area contributed by atoms with E-state index in [9.17, 15) is 4.39 Å². The number of benzene rings is 2. The van der Waals surface area contributed by atoms with Crippen LogP contribution in [0.25, 0.3) is 16.7 Å². The van der Waals surface area contributed by atoms with Gasteiger partial charge in [0.1, 0.15) is 5.82 Å². The summed E-state index contributed by atoms with van der Waals surface area (Å²) in [6, 6.07) is 10.4. The van der Waals surface area contributed by atoms with Crippen molar-refractivity contribution in [2.24, 2.45) is 0 Å². The fraction of sp³-hybridized carbons (Fsp3) is 0.0714. The second kappa shape index (κ2) is 4.47. The first kappa shape index (κ1) is 12.4. The van der Waals surface area contributed by atoms with Gasteiger partial charge < -0.3 is 4.98 Å². The topological polar surface area (TPSA) is 20.7 Å². The number of aryl methyl sites for hydroxylation is 1. The number of halogens is 2. The van der Waals surface area contributed by atoms with Crippen LogP contribution in [0.4, 0.5) is 4.39 Å². The predicted molar refractivity (Wildman–Crippen MR) is 78.2 cm³/mol. The third-order valence-corrected chi connectivity index (χ3v) is 3.56. The molecule has 0 fully saturated rings. The number of aromatic nitrogens is 2. The highest BCUT2D eigenvalue weighted by Gasteiger charge is 2.08. The molecule has 2 nitrogen and oxygen atoms in total. The summed E-state index contributed by atoms with van der Waals surface area (Å²) in [6.07, 6.45) is 0. The smallest absolute Gasteiger partial charge is 0.182 e. The lowest BCUT2D eigenvalue weighted by molar-refractivity contribution is 0.618. The van der Waals surface area contributed by atoms with Gasteiger partial charge in [-0.25, -0.2) is 4.39 Å². The van der Waals surface area contributed by atoms with Crippen LogP contribution in [0.3, 0.4) is 0 Å². The molecule has 19 heavy (non-hydrogen) atoms. The van der Waals surface area contributed by atoms with Crippen LogP contribution in [0.5, 0.6) is 0 Å². The largest absolute Gasteiger partial charge is 0.330 e. The zero-order valence-electron chi connectivity index (χ0n) is 10.1. The molecule has 0 spiro atoms. The van der Waals surface area contributed by atoms with E-state index in [0.29, 0.717) is 15.4 Å². The van der Waals surface area contributed by atoms with Crippen molar-refractivity contribution in [2.75, 3.05) is 0 Å². The van der Waals surface area contributed by atoms with E-state index in [1.54, 1.807) is 25.1 Å². The Hall–Kier alpha value is -1.65. The van der Waals surface area contributed by atoms with Crippen LogP contribution in [0.1, 0.15) is 5.56 Å². The SMILES string of the molecule is Cc1cc(-n2c(=S)[nH]c3ccc(Cl)cc32)ccc1F. The van der Waals surface area contributed by atoms with Crippen LogP contribution >= 0.6 is 23.8 Å². The van der Waals surface area contributed by atoms with Gasteiger partial charge in [-0.1, -0.05) is 11.6 Å². The molecule has 2 aromatic carbocycles. The molecule has 96 valence electrons. The number of hydrogen-bond donors (Lipinski definition) is 1. The summed E-state index contributed by atoms with van der Waals surface area (Å²) in [5.41, 5.74) is 3.17. The molecular formula is C14H10ClFN2S. The molecule has 0 aliphatic carbocycles. The number of nitrogens with one attached hydrogen (secondary N) is 1. The van der Waals surface area contributed by atoms with Crippen molar-refractivity contribution < 1.29 is 4.39 Å². The number of aromatic amines is 1. The van der Waals surface area contributed by atoms with Gasteiger partial charge in [0.25, 0.3) is 0 Å². The van der Waals surface area contributed by atoms with Gasteiger partial charge in [-0.05, 0) is 61.1 Å². The minimum Gasteiger partial charge on any atom is -0.330 e. The number of imidazole rings is 1. The molecule has 0 atom stereocenters. The molecule has 3 rings (SSSR count). The molecule has 5 heteroatoms. The van der Waals surface area contributed by atoms with Crippen molar-refractivity contribution in [2.45, 2.75) is 6.92 Å². The van der Waals surface area contributed by atoms with Gasteiger partial charge in [0.05, 0.1) is 11.0 Å². The van der Waals surface area contributed by atoms with E-state index >= 15 is 0 Å². The minimum atomic E-state index is -0.229. The molecule has 1 aromatic heterocycles. The Labute approximate surface area is 119 Å². The maximum Gasteiger partial charge on any atom is 0.182 e. The Morgan fingerprint density at radius 2 is 2.00 bits per heavy atom. The molecule has 0 saturated carbocycles. The van der Waals surface area contributed by atoms with Crippen molar-refractivity contribution in [1.29, 1.82) is 0 Å². The van der Waals surface area contributed by atoms with Crippen molar-refractivity contribution >= 4 is 34.9 Å². The number of rotatable bonds is 1. The van der Waals surface area contributed by atoms with Gasteiger partial charge in [0, 0.05) is 10.7 Å². The average Bonchev–Trinajstić information content (AvgIpc) is 2.68. The normalized spacial score (nSPS) is 11.1. The van der Waals surface area contributed by atoms with E-state index in [1.165, 1.54) is 6.07 Å². The van der Waals surface area contributed by atoms with Gasteiger partial charge in [-0.3, -0.25) is 4.57 Å². The van der Waals surface area contributed by atoms with Gasteiger partial charge in [0.15, 0.2) is 4.77 Å². The maximum atomic E-state index is 13.4. The maximum absolute atomic E-state index is 13.4. The van der Waals surface area contributed by atoms with Crippen LogP contribution in [0, 0.1) is 17.5 Å². The van der Waals surface area contributed by atoms with Crippen molar-refractivity contribution in [1.82, 2.24) is 9.55 Å². The molecular weight excluding hydrogens is 283 g/mol. The number of fused-ring (bicyclic) bond motifs is 1. The minimum absolute atomic E-state index is 0.229. The fourth-order valence-corrected chi connectivity index (χ4v) is 2.58. The van der Waals surface area contributed by atoms with Crippen molar-refractivity contribution in [3.63, 3.8) is 0 Å². The Morgan fingerprint density at radius 3 is 2.74 bits per heavy atom. The molecule has 1 N–H and O–H groups in total. The van der Waals surface area contributed by atoms with Gasteiger partial charge in [0.2, 0.25) is 0 Å². The lowest BCUT2D eigenvalue weighted by Gasteiger charge is -2.06. The average molecular weight is 293 g/mol. The van der Waals surface area contributed by atoms with Gasteiger partial charge in [-0.15, -0.1) is 0 Å². The van der Waals surface area contributed by atoms with Gasteiger partial charge in [-0.2, -0.15) is 0 Å². The second-order valence-electron chi connectivity index (χ2n) is 4.36. The zero-order chi connectivity index (χ0) is 13.6. The summed E-state index contributed by atoms with van der Waals surface area (Å²) in [6.45, 7) is 1.73.